The molecular formula is C12H21N3S. The zero-order valence-corrected chi connectivity index (χ0v) is 11.0. The van der Waals surface area contributed by atoms with E-state index in [-0.39, 0.29) is 0 Å². The van der Waals surface area contributed by atoms with E-state index in [1.807, 2.05) is 0 Å². The summed E-state index contributed by atoms with van der Waals surface area (Å²) < 4.78 is 0. The molecule has 0 radical (unpaired) electrons. The van der Waals surface area contributed by atoms with E-state index in [0.717, 1.165) is 32.0 Å². The first-order valence-electron chi connectivity index (χ1n) is 6.05. The second kappa shape index (κ2) is 5.75. The van der Waals surface area contributed by atoms with Gasteiger partial charge in [-0.3, -0.25) is 0 Å². The summed E-state index contributed by atoms with van der Waals surface area (Å²) in [5.74, 6) is 0. The highest BCUT2D eigenvalue weighted by Gasteiger charge is 2.19. The summed E-state index contributed by atoms with van der Waals surface area (Å²) >= 11 is 1.80. The van der Waals surface area contributed by atoms with Crippen LogP contribution in [-0.2, 0) is 12.8 Å². The van der Waals surface area contributed by atoms with E-state index >= 15 is 0 Å². The number of nitrogens with zero attached hydrogens (tertiary/aromatic N) is 2. The van der Waals surface area contributed by atoms with Gasteiger partial charge in [0.05, 0.1) is 10.7 Å². The van der Waals surface area contributed by atoms with Crippen molar-refractivity contribution < 1.29 is 0 Å². The lowest BCUT2D eigenvalue weighted by molar-refractivity contribution is 0.413. The van der Waals surface area contributed by atoms with Crippen molar-refractivity contribution in [2.75, 3.05) is 27.2 Å². The van der Waals surface area contributed by atoms with Gasteiger partial charge in [-0.15, -0.1) is 11.3 Å². The molecule has 1 aliphatic rings. The molecule has 0 spiro atoms. The van der Waals surface area contributed by atoms with Crippen LogP contribution >= 0.6 is 11.3 Å². The third-order valence-electron chi connectivity index (χ3n) is 2.76. The van der Waals surface area contributed by atoms with Gasteiger partial charge < -0.3 is 10.2 Å². The van der Waals surface area contributed by atoms with Gasteiger partial charge in [0.15, 0.2) is 0 Å². The van der Waals surface area contributed by atoms with Gasteiger partial charge in [-0.1, -0.05) is 0 Å². The Morgan fingerprint density at radius 3 is 2.94 bits per heavy atom. The molecule has 0 aliphatic heterocycles. The predicted molar refractivity (Wildman–Crippen MR) is 69.1 cm³/mol. The molecule has 2 rings (SSSR count). The van der Waals surface area contributed by atoms with E-state index in [0.29, 0.717) is 0 Å². The van der Waals surface area contributed by atoms with Crippen LogP contribution in [0, 0.1) is 0 Å². The minimum Gasteiger partial charge on any atom is -0.314 e. The summed E-state index contributed by atoms with van der Waals surface area (Å²) in [7, 11) is 4.21. The summed E-state index contributed by atoms with van der Waals surface area (Å²) in [6.45, 7) is 2.18. The lowest BCUT2D eigenvalue weighted by atomic mass is 10.3. The molecule has 0 unspecified atom stereocenters. The van der Waals surface area contributed by atoms with Crippen LogP contribution in [0.25, 0.3) is 0 Å². The van der Waals surface area contributed by atoms with Crippen molar-refractivity contribution in [3.8, 4) is 0 Å². The van der Waals surface area contributed by atoms with Crippen LogP contribution in [-0.4, -0.2) is 43.1 Å². The summed E-state index contributed by atoms with van der Waals surface area (Å²) in [5.41, 5.74) is 1.26. The number of thiazole rings is 1. The molecule has 3 nitrogen and oxygen atoms in total. The summed E-state index contributed by atoms with van der Waals surface area (Å²) in [5, 5.41) is 7.00. The molecule has 1 N–H and O–H groups in total. The monoisotopic (exact) mass is 239 g/mol. The predicted octanol–water partition coefficient (Wildman–Crippen LogP) is 1.54. The van der Waals surface area contributed by atoms with Crippen LogP contribution in [0.5, 0.6) is 0 Å². The lowest BCUT2D eigenvalue weighted by Crippen LogP contribution is -2.19. The summed E-state index contributed by atoms with van der Waals surface area (Å²) in [6, 6.07) is 0.812. The molecule has 0 amide bonds. The van der Waals surface area contributed by atoms with Crippen LogP contribution < -0.4 is 5.32 Å². The zero-order valence-electron chi connectivity index (χ0n) is 10.2. The number of aromatic nitrogens is 1. The van der Waals surface area contributed by atoms with Crippen LogP contribution in [0.1, 0.15) is 23.5 Å². The van der Waals surface area contributed by atoms with Crippen LogP contribution in [0.15, 0.2) is 5.38 Å². The number of hydrogen-bond donors (Lipinski definition) is 1. The first-order valence-corrected chi connectivity index (χ1v) is 6.93. The Bertz CT molecular complexity index is 318. The van der Waals surface area contributed by atoms with E-state index < -0.39 is 0 Å². The van der Waals surface area contributed by atoms with Gasteiger partial charge >= 0.3 is 0 Å². The maximum atomic E-state index is 4.65. The average molecular weight is 239 g/mol. The van der Waals surface area contributed by atoms with Crippen molar-refractivity contribution in [2.24, 2.45) is 0 Å². The van der Waals surface area contributed by atoms with Gasteiger partial charge in [0.25, 0.3) is 0 Å². The topological polar surface area (TPSA) is 28.2 Å². The SMILES string of the molecule is CN(C)CCc1nc(CCNC2CC2)cs1. The Hall–Kier alpha value is -0.450. The first-order chi connectivity index (χ1) is 7.74. The smallest absolute Gasteiger partial charge is 0.0941 e. The van der Waals surface area contributed by atoms with Gasteiger partial charge in [-0.05, 0) is 26.9 Å². The van der Waals surface area contributed by atoms with Gasteiger partial charge in [0.1, 0.15) is 0 Å². The van der Waals surface area contributed by atoms with E-state index in [1.165, 1.54) is 23.5 Å². The van der Waals surface area contributed by atoms with Crippen molar-refractivity contribution >= 4 is 11.3 Å². The quantitative estimate of drug-likeness (QED) is 0.782. The minimum atomic E-state index is 0.812. The Morgan fingerprint density at radius 1 is 1.44 bits per heavy atom. The minimum absolute atomic E-state index is 0.812. The van der Waals surface area contributed by atoms with Gasteiger partial charge in [-0.25, -0.2) is 4.98 Å². The Kier molecular flexibility index (Phi) is 4.32. The van der Waals surface area contributed by atoms with E-state index in [4.69, 9.17) is 0 Å². The fourth-order valence-corrected chi connectivity index (χ4v) is 2.41. The Morgan fingerprint density at radius 2 is 2.25 bits per heavy atom. The first kappa shape index (κ1) is 12.0. The summed E-state index contributed by atoms with van der Waals surface area (Å²) in [6.07, 6.45) is 4.89. The molecule has 1 heterocycles. The third kappa shape index (κ3) is 4.20. The number of rotatable bonds is 7. The second-order valence-electron chi connectivity index (χ2n) is 4.76. The molecule has 0 aromatic carbocycles. The lowest BCUT2D eigenvalue weighted by Gasteiger charge is -2.06. The standard InChI is InChI=1S/C12H21N3S/c1-15(2)8-6-12-14-11(9-16-12)5-7-13-10-3-4-10/h9-10,13H,3-8H2,1-2H3. The van der Waals surface area contributed by atoms with Crippen molar-refractivity contribution in [1.82, 2.24) is 15.2 Å². The van der Waals surface area contributed by atoms with Crippen molar-refractivity contribution in [3.63, 3.8) is 0 Å². The molecule has 0 saturated heterocycles. The van der Waals surface area contributed by atoms with Crippen LogP contribution in [0.3, 0.4) is 0 Å². The van der Waals surface area contributed by atoms with Crippen LogP contribution in [0.4, 0.5) is 0 Å². The van der Waals surface area contributed by atoms with Crippen molar-refractivity contribution in [1.29, 1.82) is 0 Å². The normalized spacial score (nSPS) is 15.9. The van der Waals surface area contributed by atoms with Gasteiger partial charge in [0, 0.05) is 37.4 Å². The molecule has 1 aromatic rings. The molecule has 1 aliphatic carbocycles. The molecule has 90 valence electrons. The average Bonchev–Trinajstić information content (AvgIpc) is 2.94. The molecule has 0 atom stereocenters. The highest BCUT2D eigenvalue weighted by molar-refractivity contribution is 7.09. The third-order valence-corrected chi connectivity index (χ3v) is 3.72. The fraction of sp³-hybridized carbons (Fsp3) is 0.750. The van der Waals surface area contributed by atoms with Crippen molar-refractivity contribution in [3.05, 3.63) is 16.1 Å². The molecule has 1 fully saturated rings. The van der Waals surface area contributed by atoms with Gasteiger partial charge in [-0.2, -0.15) is 0 Å². The van der Waals surface area contributed by atoms with Crippen LogP contribution in [0.2, 0.25) is 0 Å². The highest BCUT2D eigenvalue weighted by atomic mass is 32.1. The Balaban J connectivity index is 1.68. The molecule has 1 saturated carbocycles. The molecule has 0 bridgehead atoms. The number of nitrogens with one attached hydrogen (secondary N) is 1. The largest absolute Gasteiger partial charge is 0.314 e. The van der Waals surface area contributed by atoms with E-state index in [2.05, 4.69) is 34.7 Å². The molecular weight excluding hydrogens is 218 g/mol. The number of hydrogen-bond acceptors (Lipinski definition) is 4. The molecule has 1 aromatic heterocycles. The fourth-order valence-electron chi connectivity index (χ4n) is 1.59. The second-order valence-corrected chi connectivity index (χ2v) is 5.71. The van der Waals surface area contributed by atoms with E-state index in [9.17, 15) is 0 Å². The summed E-state index contributed by atoms with van der Waals surface area (Å²) in [4.78, 5) is 6.86. The maximum Gasteiger partial charge on any atom is 0.0941 e. The zero-order chi connectivity index (χ0) is 11.4. The molecule has 4 heteroatoms. The highest BCUT2D eigenvalue weighted by Crippen LogP contribution is 2.18. The number of likely N-dealkylation sites (N-methyl/N-ethyl adjacent to an activating group) is 1. The van der Waals surface area contributed by atoms with Crippen molar-refractivity contribution in [2.45, 2.75) is 31.7 Å². The molecule has 16 heavy (non-hydrogen) atoms. The maximum absolute atomic E-state index is 4.65. The van der Waals surface area contributed by atoms with Gasteiger partial charge in [0.2, 0.25) is 0 Å². The van der Waals surface area contributed by atoms with E-state index in [1.54, 1.807) is 11.3 Å². The Labute approximate surface area is 102 Å².